The van der Waals surface area contributed by atoms with Crippen LogP contribution in [-0.4, -0.2) is 74.1 Å². The number of piperidine rings is 1. The number of nitrogens with zero attached hydrogens (tertiary/aromatic N) is 5. The van der Waals surface area contributed by atoms with Crippen LogP contribution in [0.1, 0.15) is 41.2 Å². The van der Waals surface area contributed by atoms with Gasteiger partial charge >= 0.3 is 6.01 Å². The molecule has 1 aromatic carbocycles. The minimum atomic E-state index is -1.37. The van der Waals surface area contributed by atoms with Gasteiger partial charge in [-0.3, -0.25) is 14.3 Å². The van der Waals surface area contributed by atoms with Gasteiger partial charge in [0.05, 0.1) is 35.2 Å². The van der Waals surface area contributed by atoms with E-state index in [0.29, 0.717) is 53.7 Å². The maximum absolute atomic E-state index is 15.0. The van der Waals surface area contributed by atoms with E-state index < -0.39 is 12.3 Å². The van der Waals surface area contributed by atoms with Gasteiger partial charge in [0, 0.05) is 49.5 Å². The molecule has 2 saturated heterocycles. The van der Waals surface area contributed by atoms with Crippen molar-refractivity contribution in [1.82, 2.24) is 29.6 Å². The number of carbonyl (C=O) groups excluding carboxylic acids is 1. The van der Waals surface area contributed by atoms with Crippen molar-refractivity contribution in [2.75, 3.05) is 26.3 Å². The molecule has 2 atom stereocenters. The summed E-state index contributed by atoms with van der Waals surface area (Å²) < 4.78 is 28.1. The fraction of sp³-hybridized carbons (Fsp3) is 0.423. The molecule has 10 nitrogen and oxygen atoms in total. The van der Waals surface area contributed by atoms with Crippen LogP contribution in [0.2, 0.25) is 0 Å². The molecular formula is C26H27FN6O4. The molecule has 1 amide bonds. The van der Waals surface area contributed by atoms with Crippen molar-refractivity contribution < 1.29 is 18.7 Å². The highest BCUT2D eigenvalue weighted by atomic mass is 19.1. The number of aromatic nitrogens is 5. The molecule has 4 aromatic rings. The third-order valence-electron chi connectivity index (χ3n) is 7.24. The first-order valence-corrected chi connectivity index (χ1v) is 12.5. The van der Waals surface area contributed by atoms with E-state index in [1.807, 2.05) is 11.6 Å². The number of rotatable bonds is 4. The smallest absolute Gasteiger partial charge is 0.316 e. The van der Waals surface area contributed by atoms with Gasteiger partial charge in [0.25, 0.3) is 11.5 Å². The second kappa shape index (κ2) is 9.55. The summed E-state index contributed by atoms with van der Waals surface area (Å²) in [6, 6.07) is 5.50. The molecule has 37 heavy (non-hydrogen) atoms. The first-order valence-electron chi connectivity index (χ1n) is 12.5. The van der Waals surface area contributed by atoms with Crippen LogP contribution in [0.15, 0.2) is 41.6 Å². The summed E-state index contributed by atoms with van der Waals surface area (Å²) >= 11 is 0. The molecule has 0 unspecified atom stereocenters. The molecule has 2 fully saturated rings. The number of hydrogen-bond donors (Lipinski definition) is 1. The van der Waals surface area contributed by atoms with E-state index in [1.165, 1.54) is 17.3 Å². The molecule has 0 aliphatic carbocycles. The van der Waals surface area contributed by atoms with E-state index in [9.17, 15) is 9.59 Å². The van der Waals surface area contributed by atoms with E-state index in [0.717, 1.165) is 18.2 Å². The average Bonchev–Trinajstić information content (AvgIpc) is 3.37. The van der Waals surface area contributed by atoms with E-state index in [2.05, 4.69) is 20.1 Å². The number of aryl methyl sites for hydroxylation is 1. The number of hydrogen-bond acceptors (Lipinski definition) is 7. The van der Waals surface area contributed by atoms with Crippen molar-refractivity contribution >= 4 is 27.7 Å². The molecule has 0 bridgehead atoms. The van der Waals surface area contributed by atoms with E-state index in [1.54, 1.807) is 24.4 Å². The van der Waals surface area contributed by atoms with Crippen LogP contribution in [0.3, 0.4) is 0 Å². The van der Waals surface area contributed by atoms with Crippen LogP contribution in [-0.2, 0) is 4.74 Å². The van der Waals surface area contributed by atoms with Crippen LogP contribution in [0.4, 0.5) is 4.39 Å². The summed E-state index contributed by atoms with van der Waals surface area (Å²) in [5.74, 6) is -0.257. The minimum absolute atomic E-state index is 0.0884. The lowest BCUT2D eigenvalue weighted by atomic mass is 10.00. The molecule has 2 aliphatic heterocycles. The Hall–Kier alpha value is -3.86. The highest BCUT2D eigenvalue weighted by Crippen LogP contribution is 2.30. The van der Waals surface area contributed by atoms with Gasteiger partial charge in [0.1, 0.15) is 6.10 Å². The molecular weight excluding hydrogens is 479 g/mol. The SMILES string of the molecule is Cc1cc2[nH]c(=O)c3cnn(C4CCOCC4)c3c2cc1C(=O)N1CC[C@H](Oc2ncccn2)[C@H](F)C1. The third kappa shape index (κ3) is 4.33. The number of likely N-dealkylation sites (tertiary alicyclic amines) is 1. The van der Waals surface area contributed by atoms with Gasteiger partial charge in [-0.2, -0.15) is 5.10 Å². The first-order chi connectivity index (χ1) is 18.0. The van der Waals surface area contributed by atoms with Crippen molar-refractivity contribution in [3.63, 3.8) is 0 Å². The molecule has 6 rings (SSSR count). The molecule has 0 radical (unpaired) electrons. The third-order valence-corrected chi connectivity index (χ3v) is 7.24. The van der Waals surface area contributed by atoms with Crippen molar-refractivity contribution in [2.24, 2.45) is 0 Å². The number of pyridine rings is 1. The zero-order chi connectivity index (χ0) is 25.5. The Morgan fingerprint density at radius 1 is 1.16 bits per heavy atom. The molecule has 192 valence electrons. The summed E-state index contributed by atoms with van der Waals surface area (Å²) in [5, 5.41) is 5.76. The highest BCUT2D eigenvalue weighted by Gasteiger charge is 2.34. The number of fused-ring (bicyclic) bond motifs is 3. The van der Waals surface area contributed by atoms with Crippen LogP contribution in [0, 0.1) is 6.92 Å². The minimum Gasteiger partial charge on any atom is -0.457 e. The molecule has 0 spiro atoms. The van der Waals surface area contributed by atoms with Crippen molar-refractivity contribution in [1.29, 1.82) is 0 Å². The monoisotopic (exact) mass is 506 g/mol. The van der Waals surface area contributed by atoms with Gasteiger partial charge in [0.2, 0.25) is 0 Å². The number of carbonyl (C=O) groups is 1. The second-order valence-corrected chi connectivity index (χ2v) is 9.61. The molecule has 5 heterocycles. The summed E-state index contributed by atoms with van der Waals surface area (Å²) in [6.45, 7) is 3.34. The predicted molar refractivity (Wildman–Crippen MR) is 134 cm³/mol. The number of benzene rings is 1. The van der Waals surface area contributed by atoms with Gasteiger partial charge in [0.15, 0.2) is 6.17 Å². The standard InChI is InChI=1S/C26H27FN6O4/c1-15-11-21-18(23-19(24(34)31-21)13-30-33(23)16-4-9-36-10-5-16)12-17(15)25(35)32-8-3-22(20(27)14-32)37-26-28-6-2-7-29-26/h2,6-7,11-13,16,20,22H,3-5,8-10,14H2,1H3,(H,31,34)/t20-,22+/m1/s1. The average molecular weight is 507 g/mol. The zero-order valence-corrected chi connectivity index (χ0v) is 20.4. The molecule has 3 aromatic heterocycles. The Morgan fingerprint density at radius 2 is 1.95 bits per heavy atom. The zero-order valence-electron chi connectivity index (χ0n) is 20.4. The van der Waals surface area contributed by atoms with Gasteiger partial charge in [-0.25, -0.2) is 14.4 Å². The summed E-state index contributed by atoms with van der Waals surface area (Å²) in [4.78, 5) is 38.8. The fourth-order valence-corrected chi connectivity index (χ4v) is 5.28. The first kappa shape index (κ1) is 23.5. The Kier molecular flexibility index (Phi) is 6.07. The van der Waals surface area contributed by atoms with Gasteiger partial charge in [-0.1, -0.05) is 0 Å². The fourth-order valence-electron chi connectivity index (χ4n) is 5.28. The second-order valence-electron chi connectivity index (χ2n) is 9.61. The van der Waals surface area contributed by atoms with Crippen molar-refractivity contribution in [2.45, 2.75) is 44.5 Å². The van der Waals surface area contributed by atoms with Crippen molar-refractivity contribution in [3.8, 4) is 6.01 Å². The molecule has 2 aliphatic rings. The Bertz CT molecular complexity index is 1510. The maximum Gasteiger partial charge on any atom is 0.316 e. The lowest BCUT2D eigenvalue weighted by molar-refractivity contribution is 0.0164. The van der Waals surface area contributed by atoms with Crippen molar-refractivity contribution in [3.05, 3.63) is 58.3 Å². The summed E-state index contributed by atoms with van der Waals surface area (Å²) in [5.41, 5.74) is 2.30. The topological polar surface area (TPSA) is 115 Å². The maximum atomic E-state index is 15.0. The van der Waals surface area contributed by atoms with Crippen LogP contribution >= 0.6 is 0 Å². The molecule has 11 heteroatoms. The predicted octanol–water partition coefficient (Wildman–Crippen LogP) is 2.96. The van der Waals surface area contributed by atoms with E-state index in [4.69, 9.17) is 9.47 Å². The molecule has 0 saturated carbocycles. The van der Waals surface area contributed by atoms with Gasteiger partial charge in [-0.05, 0) is 43.5 Å². The number of alkyl halides is 1. The van der Waals surface area contributed by atoms with Gasteiger partial charge < -0.3 is 19.4 Å². The summed E-state index contributed by atoms with van der Waals surface area (Å²) in [7, 11) is 0. The number of nitrogens with one attached hydrogen (secondary N) is 1. The van der Waals surface area contributed by atoms with Crippen LogP contribution < -0.4 is 10.3 Å². The van der Waals surface area contributed by atoms with E-state index >= 15 is 4.39 Å². The quantitative estimate of drug-likeness (QED) is 0.453. The largest absolute Gasteiger partial charge is 0.457 e. The number of halogens is 1. The highest BCUT2D eigenvalue weighted by molar-refractivity contribution is 6.07. The normalized spacial score (nSPS) is 21.0. The lowest BCUT2D eigenvalue weighted by Crippen LogP contribution is -2.49. The number of H-pyrrole nitrogens is 1. The van der Waals surface area contributed by atoms with E-state index in [-0.39, 0.29) is 30.1 Å². The number of aromatic amines is 1. The summed E-state index contributed by atoms with van der Waals surface area (Å²) in [6.07, 6.45) is 4.48. The number of ether oxygens (including phenoxy) is 2. The van der Waals surface area contributed by atoms with Crippen LogP contribution in [0.5, 0.6) is 6.01 Å². The Labute approximate surface area is 211 Å². The number of amides is 1. The Balaban J connectivity index is 1.32. The Morgan fingerprint density at radius 3 is 2.70 bits per heavy atom. The molecule has 1 N–H and O–H groups in total. The van der Waals surface area contributed by atoms with Crippen LogP contribution in [0.25, 0.3) is 21.8 Å². The van der Waals surface area contributed by atoms with Gasteiger partial charge in [-0.15, -0.1) is 0 Å². The lowest BCUT2D eigenvalue weighted by Gasteiger charge is -2.34.